The second-order valence-corrected chi connectivity index (χ2v) is 6.59. The Morgan fingerprint density at radius 1 is 1.12 bits per heavy atom. The molecule has 0 aliphatic heterocycles. The van der Waals surface area contributed by atoms with Crippen molar-refractivity contribution < 1.29 is 9.90 Å². The Balaban J connectivity index is 2.07. The number of fused-ring (bicyclic) bond motifs is 1. The summed E-state index contributed by atoms with van der Waals surface area (Å²) in [5.74, 6) is -0.0525. The van der Waals surface area contributed by atoms with Gasteiger partial charge in [0, 0.05) is 23.7 Å². The number of aliphatic hydroxyl groups excluding tert-OH is 1. The van der Waals surface area contributed by atoms with Crippen molar-refractivity contribution >= 4 is 16.8 Å². The maximum Gasteiger partial charge on any atom is 0.224 e. The number of aromatic nitrogens is 1. The molecular formula is C22H24N2O2. The third-order valence-corrected chi connectivity index (χ3v) is 4.57. The SMILES string of the molecule is Cc1nc2ccccc2c(-c2ccccc2)c1CC(=O)N[C@@H](C)CCO. The molecule has 0 spiro atoms. The van der Waals surface area contributed by atoms with Crippen molar-refractivity contribution in [3.8, 4) is 11.1 Å². The number of pyridine rings is 1. The topological polar surface area (TPSA) is 62.2 Å². The summed E-state index contributed by atoms with van der Waals surface area (Å²) in [7, 11) is 0. The molecule has 0 saturated carbocycles. The van der Waals surface area contributed by atoms with Gasteiger partial charge in [0.1, 0.15) is 0 Å². The molecule has 3 aromatic rings. The number of para-hydroxylation sites is 1. The second-order valence-electron chi connectivity index (χ2n) is 6.59. The van der Waals surface area contributed by atoms with Gasteiger partial charge >= 0.3 is 0 Å². The zero-order chi connectivity index (χ0) is 18.5. The van der Waals surface area contributed by atoms with Crippen molar-refractivity contribution in [3.63, 3.8) is 0 Å². The molecule has 3 rings (SSSR count). The van der Waals surface area contributed by atoms with E-state index in [0.717, 1.165) is 33.3 Å². The molecule has 0 bridgehead atoms. The highest BCUT2D eigenvalue weighted by Crippen LogP contribution is 2.33. The summed E-state index contributed by atoms with van der Waals surface area (Å²) in [4.78, 5) is 17.3. The number of carbonyl (C=O) groups is 1. The number of hydrogen-bond donors (Lipinski definition) is 2. The lowest BCUT2D eigenvalue weighted by atomic mass is 9.92. The molecule has 1 amide bonds. The summed E-state index contributed by atoms with van der Waals surface area (Å²) in [6, 6.07) is 18.1. The molecule has 1 heterocycles. The number of amides is 1. The number of aryl methyl sites for hydroxylation is 1. The predicted molar refractivity (Wildman–Crippen MR) is 105 cm³/mol. The largest absolute Gasteiger partial charge is 0.396 e. The Labute approximate surface area is 153 Å². The van der Waals surface area contributed by atoms with Crippen LogP contribution in [0.2, 0.25) is 0 Å². The van der Waals surface area contributed by atoms with E-state index in [1.165, 1.54) is 0 Å². The van der Waals surface area contributed by atoms with E-state index in [-0.39, 0.29) is 25.0 Å². The van der Waals surface area contributed by atoms with E-state index < -0.39 is 0 Å². The quantitative estimate of drug-likeness (QED) is 0.715. The molecule has 1 aromatic heterocycles. The first-order valence-corrected chi connectivity index (χ1v) is 8.94. The lowest BCUT2D eigenvalue weighted by molar-refractivity contribution is -0.121. The minimum Gasteiger partial charge on any atom is -0.396 e. The number of nitrogens with zero attached hydrogens (tertiary/aromatic N) is 1. The minimum absolute atomic E-state index is 0.0525. The Hall–Kier alpha value is -2.72. The third-order valence-electron chi connectivity index (χ3n) is 4.57. The third kappa shape index (κ3) is 3.92. The average Bonchev–Trinajstić information content (AvgIpc) is 2.63. The van der Waals surface area contributed by atoms with Crippen LogP contribution in [0.25, 0.3) is 22.0 Å². The highest BCUT2D eigenvalue weighted by molar-refractivity contribution is 5.98. The molecule has 26 heavy (non-hydrogen) atoms. The van der Waals surface area contributed by atoms with Gasteiger partial charge in [-0.25, -0.2) is 0 Å². The van der Waals surface area contributed by atoms with Crippen molar-refractivity contribution in [2.45, 2.75) is 32.7 Å². The highest BCUT2D eigenvalue weighted by Gasteiger charge is 2.17. The van der Waals surface area contributed by atoms with Gasteiger partial charge in [-0.15, -0.1) is 0 Å². The van der Waals surface area contributed by atoms with Gasteiger partial charge in [-0.2, -0.15) is 0 Å². The molecule has 4 heteroatoms. The van der Waals surface area contributed by atoms with E-state index in [4.69, 9.17) is 10.1 Å². The van der Waals surface area contributed by atoms with E-state index in [0.29, 0.717) is 6.42 Å². The van der Waals surface area contributed by atoms with Crippen LogP contribution < -0.4 is 5.32 Å². The van der Waals surface area contributed by atoms with Crippen LogP contribution in [0.5, 0.6) is 0 Å². The fourth-order valence-electron chi connectivity index (χ4n) is 3.28. The Kier molecular flexibility index (Phi) is 5.64. The zero-order valence-electron chi connectivity index (χ0n) is 15.2. The van der Waals surface area contributed by atoms with E-state index in [9.17, 15) is 4.79 Å². The smallest absolute Gasteiger partial charge is 0.224 e. The fraction of sp³-hybridized carbons (Fsp3) is 0.273. The summed E-state index contributed by atoms with van der Waals surface area (Å²) < 4.78 is 0. The van der Waals surface area contributed by atoms with E-state index in [1.54, 1.807) is 0 Å². The van der Waals surface area contributed by atoms with Gasteiger partial charge in [-0.05, 0) is 43.0 Å². The molecular weight excluding hydrogens is 324 g/mol. The molecule has 2 N–H and O–H groups in total. The van der Waals surface area contributed by atoms with Crippen LogP contribution in [0, 0.1) is 6.92 Å². The molecule has 0 fully saturated rings. The number of carbonyl (C=O) groups excluding carboxylic acids is 1. The molecule has 0 radical (unpaired) electrons. The molecule has 4 nitrogen and oxygen atoms in total. The first-order valence-electron chi connectivity index (χ1n) is 8.94. The van der Waals surface area contributed by atoms with Gasteiger partial charge in [0.15, 0.2) is 0 Å². The van der Waals surface area contributed by atoms with Gasteiger partial charge in [-0.3, -0.25) is 9.78 Å². The van der Waals surface area contributed by atoms with Crippen molar-refractivity contribution in [3.05, 3.63) is 65.9 Å². The number of hydrogen-bond acceptors (Lipinski definition) is 3. The lowest BCUT2D eigenvalue weighted by Gasteiger charge is -2.17. The van der Waals surface area contributed by atoms with Crippen LogP contribution in [-0.4, -0.2) is 28.6 Å². The van der Waals surface area contributed by atoms with Crippen LogP contribution in [0.4, 0.5) is 0 Å². The summed E-state index contributed by atoms with van der Waals surface area (Å²) in [5, 5.41) is 13.0. The van der Waals surface area contributed by atoms with Crippen LogP contribution in [0.15, 0.2) is 54.6 Å². The van der Waals surface area contributed by atoms with Crippen molar-refractivity contribution in [2.24, 2.45) is 0 Å². The van der Waals surface area contributed by atoms with Crippen LogP contribution in [-0.2, 0) is 11.2 Å². The summed E-state index contributed by atoms with van der Waals surface area (Å²) in [5.41, 5.74) is 4.90. The van der Waals surface area contributed by atoms with E-state index in [1.807, 2.05) is 50.2 Å². The van der Waals surface area contributed by atoms with E-state index in [2.05, 4.69) is 23.5 Å². The minimum atomic E-state index is -0.0543. The maximum absolute atomic E-state index is 12.5. The molecule has 0 aliphatic rings. The second kappa shape index (κ2) is 8.11. The van der Waals surface area contributed by atoms with Crippen molar-refractivity contribution in [2.75, 3.05) is 6.61 Å². The fourth-order valence-corrected chi connectivity index (χ4v) is 3.28. The first kappa shape index (κ1) is 18.1. The predicted octanol–water partition coefficient (Wildman–Crippen LogP) is 3.64. The van der Waals surface area contributed by atoms with Gasteiger partial charge in [0.25, 0.3) is 0 Å². The number of rotatable bonds is 6. The molecule has 0 aliphatic carbocycles. The first-order chi connectivity index (χ1) is 12.6. The number of aliphatic hydroxyl groups is 1. The molecule has 1 atom stereocenters. The Morgan fingerprint density at radius 2 is 1.81 bits per heavy atom. The summed E-state index contributed by atoms with van der Waals surface area (Å²) in [6.07, 6.45) is 0.815. The molecule has 134 valence electrons. The molecule has 0 unspecified atom stereocenters. The van der Waals surface area contributed by atoms with Crippen molar-refractivity contribution in [1.82, 2.24) is 10.3 Å². The Morgan fingerprint density at radius 3 is 2.54 bits per heavy atom. The molecule has 2 aromatic carbocycles. The summed E-state index contributed by atoms with van der Waals surface area (Å²) in [6.45, 7) is 3.92. The monoisotopic (exact) mass is 348 g/mol. The highest BCUT2D eigenvalue weighted by atomic mass is 16.3. The van der Waals surface area contributed by atoms with Gasteiger partial charge < -0.3 is 10.4 Å². The zero-order valence-corrected chi connectivity index (χ0v) is 15.2. The number of benzene rings is 2. The van der Waals surface area contributed by atoms with Crippen molar-refractivity contribution in [1.29, 1.82) is 0 Å². The maximum atomic E-state index is 12.5. The van der Waals surface area contributed by atoms with Gasteiger partial charge in [-0.1, -0.05) is 48.5 Å². The van der Waals surface area contributed by atoms with Crippen LogP contribution in [0.3, 0.4) is 0 Å². The normalized spacial score (nSPS) is 12.1. The summed E-state index contributed by atoms with van der Waals surface area (Å²) >= 11 is 0. The van der Waals surface area contributed by atoms with Crippen LogP contribution in [0.1, 0.15) is 24.6 Å². The van der Waals surface area contributed by atoms with E-state index >= 15 is 0 Å². The average molecular weight is 348 g/mol. The lowest BCUT2D eigenvalue weighted by Crippen LogP contribution is -2.34. The molecule has 0 saturated heterocycles. The van der Waals surface area contributed by atoms with Gasteiger partial charge in [0.2, 0.25) is 5.91 Å². The van der Waals surface area contributed by atoms with Gasteiger partial charge in [0.05, 0.1) is 11.9 Å². The van der Waals surface area contributed by atoms with Crippen LogP contribution >= 0.6 is 0 Å². The standard InChI is InChI=1S/C22H24N2O2/c1-15(12-13-25)23-21(26)14-19-16(2)24-20-11-7-6-10-18(20)22(19)17-8-4-3-5-9-17/h3-11,15,25H,12-14H2,1-2H3,(H,23,26)/t15-/m0/s1. The number of nitrogens with one attached hydrogen (secondary N) is 1. The Bertz CT molecular complexity index is 907.